The van der Waals surface area contributed by atoms with Crippen molar-refractivity contribution in [3.05, 3.63) is 54.7 Å². The molecule has 0 aliphatic carbocycles. The average Bonchev–Trinajstić information content (AvgIpc) is 2.61. The molecule has 0 aliphatic rings. The van der Waals surface area contributed by atoms with E-state index in [4.69, 9.17) is 9.47 Å². The number of nitrogens with zero attached hydrogens (tertiary/aromatic N) is 1. The minimum atomic E-state index is -0.129. The first-order valence-corrected chi connectivity index (χ1v) is 7.48. The van der Waals surface area contributed by atoms with Crippen LogP contribution < -0.4 is 20.1 Å². The summed E-state index contributed by atoms with van der Waals surface area (Å²) < 4.78 is 10.4. The molecule has 0 aliphatic heterocycles. The molecule has 0 spiro atoms. The molecule has 0 saturated heterocycles. The second-order valence-electron chi connectivity index (χ2n) is 5.02. The van der Waals surface area contributed by atoms with Crippen LogP contribution in [0.2, 0.25) is 0 Å². The topological polar surface area (TPSA) is 72.5 Å². The molecular weight excluding hydrogens is 306 g/mol. The summed E-state index contributed by atoms with van der Waals surface area (Å²) in [5.74, 6) is 1.83. The Morgan fingerprint density at radius 1 is 1.21 bits per heavy atom. The molecular formula is C18H21N3O3. The van der Waals surface area contributed by atoms with Gasteiger partial charge in [-0.15, -0.1) is 6.58 Å². The van der Waals surface area contributed by atoms with Gasteiger partial charge in [0.05, 0.1) is 32.5 Å². The molecule has 6 heteroatoms. The van der Waals surface area contributed by atoms with Crippen molar-refractivity contribution in [1.82, 2.24) is 4.98 Å². The van der Waals surface area contributed by atoms with Crippen molar-refractivity contribution >= 4 is 17.4 Å². The van der Waals surface area contributed by atoms with Gasteiger partial charge >= 0.3 is 0 Å². The van der Waals surface area contributed by atoms with E-state index in [0.29, 0.717) is 23.7 Å². The molecule has 0 atom stereocenters. The molecule has 1 aromatic heterocycles. The summed E-state index contributed by atoms with van der Waals surface area (Å²) in [7, 11) is 3.14. The first kappa shape index (κ1) is 17.3. The number of hydrogen-bond acceptors (Lipinski definition) is 5. The summed E-state index contributed by atoms with van der Waals surface area (Å²) in [6, 6.07) is 9.00. The molecule has 1 heterocycles. The Labute approximate surface area is 141 Å². The Bertz CT molecular complexity index is 699. The number of aromatic nitrogens is 1. The summed E-state index contributed by atoms with van der Waals surface area (Å²) in [6.45, 7) is 4.27. The maximum absolute atomic E-state index is 12.2. The van der Waals surface area contributed by atoms with E-state index in [1.165, 1.54) is 0 Å². The fourth-order valence-electron chi connectivity index (χ4n) is 2.13. The number of benzene rings is 1. The Morgan fingerprint density at radius 3 is 2.62 bits per heavy atom. The number of pyridine rings is 1. The van der Waals surface area contributed by atoms with Crippen molar-refractivity contribution in [1.29, 1.82) is 0 Å². The van der Waals surface area contributed by atoms with Gasteiger partial charge in [-0.25, -0.2) is 4.98 Å². The van der Waals surface area contributed by atoms with Crippen LogP contribution in [-0.4, -0.2) is 31.7 Å². The molecule has 6 nitrogen and oxygen atoms in total. The predicted octanol–water partition coefficient (Wildman–Crippen LogP) is 2.88. The maximum Gasteiger partial charge on any atom is 0.228 e. The van der Waals surface area contributed by atoms with E-state index < -0.39 is 0 Å². The van der Waals surface area contributed by atoms with Crippen LogP contribution in [0.5, 0.6) is 11.5 Å². The number of carbonyl (C=O) groups is 1. The number of ether oxygens (including phenoxy) is 2. The largest absolute Gasteiger partial charge is 0.493 e. The maximum atomic E-state index is 12.2. The number of nitrogens with one attached hydrogen (secondary N) is 2. The highest BCUT2D eigenvalue weighted by Crippen LogP contribution is 2.27. The number of anilines is 2. The van der Waals surface area contributed by atoms with Crippen LogP contribution in [0.25, 0.3) is 0 Å². The van der Waals surface area contributed by atoms with Gasteiger partial charge in [0.15, 0.2) is 11.5 Å². The van der Waals surface area contributed by atoms with Gasteiger partial charge in [-0.2, -0.15) is 0 Å². The van der Waals surface area contributed by atoms with Crippen LogP contribution in [0.1, 0.15) is 5.56 Å². The van der Waals surface area contributed by atoms with E-state index in [9.17, 15) is 4.79 Å². The number of rotatable bonds is 8. The van der Waals surface area contributed by atoms with Crippen molar-refractivity contribution in [3.63, 3.8) is 0 Å². The molecule has 0 radical (unpaired) electrons. The molecule has 0 unspecified atom stereocenters. The molecule has 126 valence electrons. The number of carbonyl (C=O) groups excluding carboxylic acids is 1. The number of hydrogen-bond donors (Lipinski definition) is 2. The van der Waals surface area contributed by atoms with Gasteiger partial charge in [0.25, 0.3) is 0 Å². The van der Waals surface area contributed by atoms with Gasteiger partial charge in [-0.05, 0) is 29.8 Å². The third kappa shape index (κ3) is 4.74. The van der Waals surface area contributed by atoms with Crippen molar-refractivity contribution in [3.8, 4) is 11.5 Å². The molecule has 0 bridgehead atoms. The van der Waals surface area contributed by atoms with E-state index in [0.717, 1.165) is 11.4 Å². The fraction of sp³-hybridized carbons (Fsp3) is 0.222. The number of amides is 1. The zero-order valence-electron chi connectivity index (χ0n) is 13.8. The first-order valence-electron chi connectivity index (χ1n) is 7.48. The SMILES string of the molecule is C=CCNc1ccc(NC(=O)Cc2ccc(OC)c(OC)c2)cn1. The monoisotopic (exact) mass is 327 g/mol. The predicted molar refractivity (Wildman–Crippen MR) is 94.8 cm³/mol. The van der Waals surface area contributed by atoms with E-state index in [1.807, 2.05) is 6.07 Å². The zero-order valence-corrected chi connectivity index (χ0v) is 13.8. The van der Waals surface area contributed by atoms with Gasteiger partial charge in [-0.3, -0.25) is 4.79 Å². The van der Waals surface area contributed by atoms with E-state index >= 15 is 0 Å². The minimum Gasteiger partial charge on any atom is -0.493 e. The second kappa shape index (κ2) is 8.57. The summed E-state index contributed by atoms with van der Waals surface area (Å²) in [5, 5.41) is 5.89. The highest BCUT2D eigenvalue weighted by molar-refractivity contribution is 5.92. The normalized spacial score (nSPS) is 9.92. The Morgan fingerprint density at radius 2 is 2.00 bits per heavy atom. The van der Waals surface area contributed by atoms with Crippen LogP contribution >= 0.6 is 0 Å². The lowest BCUT2D eigenvalue weighted by atomic mass is 10.1. The third-order valence-corrected chi connectivity index (χ3v) is 3.29. The minimum absolute atomic E-state index is 0.129. The lowest BCUT2D eigenvalue weighted by Crippen LogP contribution is -2.14. The van der Waals surface area contributed by atoms with Gasteiger partial charge in [-0.1, -0.05) is 12.1 Å². The lowest BCUT2D eigenvalue weighted by molar-refractivity contribution is -0.115. The van der Waals surface area contributed by atoms with Crippen LogP contribution in [0.15, 0.2) is 49.2 Å². The van der Waals surface area contributed by atoms with E-state index in [1.54, 1.807) is 50.8 Å². The molecule has 24 heavy (non-hydrogen) atoms. The van der Waals surface area contributed by atoms with Gasteiger partial charge in [0.2, 0.25) is 5.91 Å². The van der Waals surface area contributed by atoms with Gasteiger partial charge in [0.1, 0.15) is 5.82 Å². The number of methoxy groups -OCH3 is 2. The highest BCUT2D eigenvalue weighted by atomic mass is 16.5. The lowest BCUT2D eigenvalue weighted by Gasteiger charge is -2.10. The van der Waals surface area contributed by atoms with Crippen molar-refractivity contribution in [2.45, 2.75) is 6.42 Å². The molecule has 1 aromatic carbocycles. The summed E-state index contributed by atoms with van der Waals surface area (Å²) in [6.07, 6.45) is 3.59. The highest BCUT2D eigenvalue weighted by Gasteiger charge is 2.09. The molecule has 2 rings (SSSR count). The van der Waals surface area contributed by atoms with Crippen LogP contribution in [0.4, 0.5) is 11.5 Å². The first-order chi connectivity index (χ1) is 11.7. The molecule has 0 fully saturated rings. The Kier molecular flexibility index (Phi) is 6.19. The molecule has 1 amide bonds. The molecule has 2 aromatic rings. The Balaban J connectivity index is 1.96. The van der Waals surface area contributed by atoms with Crippen molar-refractivity contribution in [2.75, 3.05) is 31.4 Å². The third-order valence-electron chi connectivity index (χ3n) is 3.29. The van der Waals surface area contributed by atoms with Crippen LogP contribution in [-0.2, 0) is 11.2 Å². The van der Waals surface area contributed by atoms with Crippen LogP contribution in [0, 0.1) is 0 Å². The second-order valence-corrected chi connectivity index (χ2v) is 5.02. The fourth-order valence-corrected chi connectivity index (χ4v) is 2.13. The molecule has 0 saturated carbocycles. The van der Waals surface area contributed by atoms with Gasteiger partial charge in [0, 0.05) is 6.54 Å². The summed E-state index contributed by atoms with van der Waals surface area (Å²) in [4.78, 5) is 16.4. The smallest absolute Gasteiger partial charge is 0.228 e. The van der Waals surface area contributed by atoms with Crippen LogP contribution in [0.3, 0.4) is 0 Å². The Hall–Kier alpha value is -3.02. The summed E-state index contributed by atoms with van der Waals surface area (Å²) >= 11 is 0. The van der Waals surface area contributed by atoms with Gasteiger partial charge < -0.3 is 20.1 Å². The zero-order chi connectivity index (χ0) is 17.4. The average molecular weight is 327 g/mol. The van der Waals surface area contributed by atoms with Crippen molar-refractivity contribution < 1.29 is 14.3 Å². The standard InChI is InChI=1S/C18H21N3O3/c1-4-9-19-17-8-6-14(12-20-17)21-18(22)11-13-5-7-15(23-2)16(10-13)24-3/h4-8,10,12H,1,9,11H2,2-3H3,(H,19,20)(H,21,22). The van der Waals surface area contributed by atoms with Crippen molar-refractivity contribution in [2.24, 2.45) is 0 Å². The van der Waals surface area contributed by atoms with E-state index in [-0.39, 0.29) is 12.3 Å². The summed E-state index contributed by atoms with van der Waals surface area (Å²) in [5.41, 5.74) is 1.48. The quantitative estimate of drug-likeness (QED) is 0.730. The molecule has 2 N–H and O–H groups in total. The van der Waals surface area contributed by atoms with E-state index in [2.05, 4.69) is 22.2 Å².